The number of methoxy groups -OCH3 is 1. The Kier molecular flexibility index (Phi) is 7.87. The highest BCUT2D eigenvalue weighted by molar-refractivity contribution is 7.90. The lowest BCUT2D eigenvalue weighted by atomic mass is 10.1. The molecule has 2 aromatic carbocycles. The largest absolute Gasteiger partial charge is 0.496 e. The Hall–Kier alpha value is -2.54. The van der Waals surface area contributed by atoms with E-state index in [0.29, 0.717) is 18.0 Å². The van der Waals surface area contributed by atoms with E-state index in [2.05, 4.69) is 10.2 Å². The van der Waals surface area contributed by atoms with Gasteiger partial charge in [0.05, 0.1) is 12.0 Å². The number of guanidine groups is 1. The molecular weight excluding hydrogens is 374 g/mol. The van der Waals surface area contributed by atoms with Gasteiger partial charge in [-0.15, -0.1) is 0 Å². The van der Waals surface area contributed by atoms with Crippen LogP contribution in [0, 0.1) is 0 Å². The molecule has 0 aliphatic rings. The minimum atomic E-state index is -3.16. The molecule has 28 heavy (non-hydrogen) atoms. The highest BCUT2D eigenvalue weighted by atomic mass is 32.2. The first-order chi connectivity index (χ1) is 13.3. The third-order valence-electron chi connectivity index (χ3n) is 4.31. The number of nitrogens with zero attached hydrogens (tertiary/aromatic N) is 2. The van der Waals surface area contributed by atoms with Crippen molar-refractivity contribution in [2.24, 2.45) is 4.99 Å². The summed E-state index contributed by atoms with van der Waals surface area (Å²) in [5, 5.41) is 3.31. The van der Waals surface area contributed by atoms with Crippen molar-refractivity contribution in [2.45, 2.75) is 24.8 Å². The van der Waals surface area contributed by atoms with Crippen molar-refractivity contribution in [3.63, 3.8) is 0 Å². The van der Waals surface area contributed by atoms with Crippen LogP contribution in [0.1, 0.15) is 18.1 Å². The summed E-state index contributed by atoms with van der Waals surface area (Å²) in [6, 6.07) is 14.9. The number of hydrogen-bond acceptors (Lipinski definition) is 4. The van der Waals surface area contributed by atoms with Crippen LogP contribution in [0.2, 0.25) is 0 Å². The van der Waals surface area contributed by atoms with E-state index in [1.165, 1.54) is 6.26 Å². The van der Waals surface area contributed by atoms with Gasteiger partial charge in [-0.05, 0) is 37.1 Å². The predicted molar refractivity (Wildman–Crippen MR) is 114 cm³/mol. The van der Waals surface area contributed by atoms with E-state index in [9.17, 15) is 8.42 Å². The average Bonchev–Trinajstić information content (AvgIpc) is 2.67. The monoisotopic (exact) mass is 403 g/mol. The molecule has 0 unspecified atom stereocenters. The molecule has 7 heteroatoms. The van der Waals surface area contributed by atoms with E-state index in [1.807, 2.05) is 50.4 Å². The number of ether oxygens (including phenoxy) is 1. The molecule has 0 heterocycles. The molecule has 1 N–H and O–H groups in total. The second kappa shape index (κ2) is 10.1. The molecule has 0 aliphatic carbocycles. The van der Waals surface area contributed by atoms with Crippen LogP contribution in [-0.2, 0) is 22.8 Å². The molecule has 6 nitrogen and oxygen atoms in total. The Morgan fingerprint density at radius 3 is 2.43 bits per heavy atom. The zero-order chi connectivity index (χ0) is 20.6. The second-order valence-electron chi connectivity index (χ2n) is 6.57. The number of aliphatic imine (C=N–C) groups is 1. The van der Waals surface area contributed by atoms with Crippen molar-refractivity contribution >= 4 is 15.8 Å². The number of rotatable bonds is 8. The predicted octanol–water partition coefficient (Wildman–Crippen LogP) is 2.74. The lowest BCUT2D eigenvalue weighted by Crippen LogP contribution is -2.38. The number of nitrogens with one attached hydrogen (secondary N) is 1. The molecule has 0 atom stereocenters. The van der Waals surface area contributed by atoms with Crippen LogP contribution < -0.4 is 10.1 Å². The molecule has 0 saturated heterocycles. The third kappa shape index (κ3) is 6.27. The van der Waals surface area contributed by atoms with Crippen LogP contribution in [0.15, 0.2) is 58.4 Å². The molecule has 0 fully saturated rings. The molecule has 0 aliphatic heterocycles. The molecule has 0 spiro atoms. The van der Waals surface area contributed by atoms with Gasteiger partial charge in [-0.1, -0.05) is 30.3 Å². The SMILES string of the molecule is CCNC(=NCCc1ccc(S(C)(=O)=O)cc1)N(C)Cc1ccccc1OC. The first-order valence-electron chi connectivity index (χ1n) is 9.25. The molecular formula is C21H29N3O3S. The molecule has 2 rings (SSSR count). The molecule has 0 saturated carbocycles. The van der Waals surface area contributed by atoms with Gasteiger partial charge < -0.3 is 15.0 Å². The van der Waals surface area contributed by atoms with Crippen molar-refractivity contribution in [1.82, 2.24) is 10.2 Å². The first-order valence-corrected chi connectivity index (χ1v) is 11.1. The van der Waals surface area contributed by atoms with Crippen LogP contribution in [0.3, 0.4) is 0 Å². The van der Waals surface area contributed by atoms with Crippen molar-refractivity contribution in [2.75, 3.05) is 33.5 Å². The fraction of sp³-hybridized carbons (Fsp3) is 0.381. The van der Waals surface area contributed by atoms with E-state index >= 15 is 0 Å². The van der Waals surface area contributed by atoms with Gasteiger partial charge in [-0.3, -0.25) is 4.99 Å². The zero-order valence-corrected chi connectivity index (χ0v) is 17.8. The van der Waals surface area contributed by atoms with Gasteiger partial charge in [-0.2, -0.15) is 0 Å². The highest BCUT2D eigenvalue weighted by Gasteiger charge is 2.10. The third-order valence-corrected chi connectivity index (χ3v) is 5.44. The summed E-state index contributed by atoms with van der Waals surface area (Å²) in [5.74, 6) is 1.68. The lowest BCUT2D eigenvalue weighted by molar-refractivity contribution is 0.396. The molecule has 0 aromatic heterocycles. The van der Waals surface area contributed by atoms with E-state index in [0.717, 1.165) is 35.8 Å². The molecule has 152 valence electrons. The fourth-order valence-corrected chi connectivity index (χ4v) is 3.46. The van der Waals surface area contributed by atoms with E-state index < -0.39 is 9.84 Å². The van der Waals surface area contributed by atoms with Crippen LogP contribution in [0.25, 0.3) is 0 Å². The number of sulfone groups is 1. The molecule has 0 radical (unpaired) electrons. The van der Waals surface area contributed by atoms with Gasteiger partial charge in [0, 0.05) is 38.5 Å². The fourth-order valence-electron chi connectivity index (χ4n) is 2.83. The summed E-state index contributed by atoms with van der Waals surface area (Å²) < 4.78 is 28.5. The van der Waals surface area contributed by atoms with E-state index in [4.69, 9.17) is 9.73 Å². The van der Waals surface area contributed by atoms with Crippen LogP contribution in [0.4, 0.5) is 0 Å². The van der Waals surface area contributed by atoms with Crippen molar-refractivity contribution < 1.29 is 13.2 Å². The van der Waals surface area contributed by atoms with E-state index in [-0.39, 0.29) is 0 Å². The Balaban J connectivity index is 2.03. The van der Waals surface area contributed by atoms with Gasteiger partial charge in [0.25, 0.3) is 0 Å². The van der Waals surface area contributed by atoms with Gasteiger partial charge in [-0.25, -0.2) is 8.42 Å². The van der Waals surface area contributed by atoms with Crippen molar-refractivity contribution in [3.05, 3.63) is 59.7 Å². The smallest absolute Gasteiger partial charge is 0.193 e. The molecule has 0 amide bonds. The molecule has 0 bridgehead atoms. The normalized spacial score (nSPS) is 11.9. The number of hydrogen-bond donors (Lipinski definition) is 1. The second-order valence-corrected chi connectivity index (χ2v) is 8.59. The number of benzene rings is 2. The Bertz CT molecular complexity index is 893. The van der Waals surface area contributed by atoms with Crippen LogP contribution in [-0.4, -0.2) is 52.8 Å². The van der Waals surface area contributed by atoms with Crippen molar-refractivity contribution in [1.29, 1.82) is 0 Å². The quantitative estimate of drug-likeness (QED) is 0.542. The first kappa shape index (κ1) is 21.8. The van der Waals surface area contributed by atoms with Gasteiger partial charge in [0.1, 0.15) is 5.75 Å². The molecule has 2 aromatic rings. The van der Waals surface area contributed by atoms with Gasteiger partial charge >= 0.3 is 0 Å². The summed E-state index contributed by atoms with van der Waals surface area (Å²) >= 11 is 0. The summed E-state index contributed by atoms with van der Waals surface area (Å²) in [6.07, 6.45) is 1.95. The summed E-state index contributed by atoms with van der Waals surface area (Å²) in [4.78, 5) is 7.11. The van der Waals surface area contributed by atoms with Gasteiger partial charge in [0.2, 0.25) is 0 Å². The van der Waals surface area contributed by atoms with Crippen LogP contribution in [0.5, 0.6) is 5.75 Å². The Morgan fingerprint density at radius 1 is 1.14 bits per heavy atom. The maximum atomic E-state index is 11.5. The summed E-state index contributed by atoms with van der Waals surface area (Å²) in [6.45, 7) is 4.10. The van der Waals surface area contributed by atoms with Crippen LogP contribution >= 0.6 is 0 Å². The van der Waals surface area contributed by atoms with Gasteiger partial charge in [0.15, 0.2) is 15.8 Å². The topological polar surface area (TPSA) is 71.0 Å². The number of para-hydroxylation sites is 1. The zero-order valence-electron chi connectivity index (χ0n) is 17.0. The summed E-state index contributed by atoms with van der Waals surface area (Å²) in [7, 11) is 0.507. The van der Waals surface area contributed by atoms with Crippen molar-refractivity contribution in [3.8, 4) is 5.75 Å². The summed E-state index contributed by atoms with van der Waals surface area (Å²) in [5.41, 5.74) is 2.15. The standard InChI is InChI=1S/C21H29N3O3S/c1-5-22-21(24(2)16-18-8-6-7-9-20(18)27-3)23-15-14-17-10-12-19(13-11-17)28(4,25)26/h6-13H,5,14-16H2,1-4H3,(H,22,23). The minimum Gasteiger partial charge on any atom is -0.496 e. The minimum absolute atomic E-state index is 0.338. The van der Waals surface area contributed by atoms with E-state index in [1.54, 1.807) is 19.2 Å². The maximum absolute atomic E-state index is 11.5. The average molecular weight is 404 g/mol. The maximum Gasteiger partial charge on any atom is 0.193 e. The highest BCUT2D eigenvalue weighted by Crippen LogP contribution is 2.18. The Morgan fingerprint density at radius 2 is 1.82 bits per heavy atom. The Labute approximate surface area is 168 Å². The lowest BCUT2D eigenvalue weighted by Gasteiger charge is -2.23.